The SMILES string of the molecule is CC(CI)OC(=O)CI. The number of carbonyl (C=O) groups is 1. The lowest BCUT2D eigenvalue weighted by Gasteiger charge is -2.07. The summed E-state index contributed by atoms with van der Waals surface area (Å²) in [5, 5.41) is 0. The minimum absolute atomic E-state index is 0.0628. The van der Waals surface area contributed by atoms with Crippen molar-refractivity contribution in [2.24, 2.45) is 0 Å². The molecule has 0 amide bonds. The van der Waals surface area contributed by atoms with Gasteiger partial charge in [-0.05, 0) is 6.92 Å². The third kappa shape index (κ3) is 5.38. The molecular weight excluding hydrogens is 346 g/mol. The molecule has 0 fully saturated rings. The lowest BCUT2D eigenvalue weighted by molar-refractivity contribution is -0.143. The molecule has 0 radical (unpaired) electrons. The van der Waals surface area contributed by atoms with E-state index in [4.69, 9.17) is 4.74 Å². The third-order valence-corrected chi connectivity index (χ3v) is 2.52. The summed E-state index contributed by atoms with van der Waals surface area (Å²) in [6.07, 6.45) is 0.0628. The van der Waals surface area contributed by atoms with E-state index in [1.54, 1.807) is 0 Å². The van der Waals surface area contributed by atoms with Gasteiger partial charge < -0.3 is 4.74 Å². The number of rotatable bonds is 3. The molecule has 0 spiro atoms. The van der Waals surface area contributed by atoms with E-state index in [2.05, 4.69) is 22.6 Å². The molecule has 4 heteroatoms. The number of hydrogen-bond donors (Lipinski definition) is 0. The Morgan fingerprint density at radius 1 is 1.67 bits per heavy atom. The standard InChI is InChI=1S/C5H8I2O2/c1-4(2-6)9-5(8)3-7/h4H,2-3H2,1H3. The summed E-state index contributed by atoms with van der Waals surface area (Å²) in [4.78, 5) is 10.5. The van der Waals surface area contributed by atoms with Crippen molar-refractivity contribution in [1.29, 1.82) is 0 Å². The van der Waals surface area contributed by atoms with Gasteiger partial charge in [0.05, 0.1) is 4.43 Å². The van der Waals surface area contributed by atoms with E-state index in [0.29, 0.717) is 4.43 Å². The molecule has 0 aliphatic rings. The topological polar surface area (TPSA) is 26.3 Å². The van der Waals surface area contributed by atoms with Gasteiger partial charge in [0, 0.05) is 4.43 Å². The predicted molar refractivity (Wildman–Crippen MR) is 53.3 cm³/mol. The molecule has 0 bridgehead atoms. The van der Waals surface area contributed by atoms with Gasteiger partial charge in [-0.1, -0.05) is 45.2 Å². The fraction of sp³-hybridized carbons (Fsp3) is 0.800. The van der Waals surface area contributed by atoms with Crippen molar-refractivity contribution in [3.8, 4) is 0 Å². The molecule has 0 aromatic carbocycles. The van der Waals surface area contributed by atoms with Gasteiger partial charge >= 0.3 is 5.97 Å². The van der Waals surface area contributed by atoms with Crippen molar-refractivity contribution in [2.75, 3.05) is 8.86 Å². The van der Waals surface area contributed by atoms with Crippen LogP contribution in [0.5, 0.6) is 0 Å². The highest BCUT2D eigenvalue weighted by Crippen LogP contribution is 1.97. The third-order valence-electron chi connectivity index (χ3n) is 0.659. The first-order valence-corrected chi connectivity index (χ1v) is 5.57. The van der Waals surface area contributed by atoms with E-state index >= 15 is 0 Å². The maximum atomic E-state index is 10.5. The summed E-state index contributed by atoms with van der Waals surface area (Å²) in [6.45, 7) is 1.89. The largest absolute Gasteiger partial charge is 0.461 e. The van der Waals surface area contributed by atoms with Crippen molar-refractivity contribution in [2.45, 2.75) is 13.0 Å². The molecule has 1 unspecified atom stereocenters. The average molecular weight is 354 g/mol. The van der Waals surface area contributed by atoms with Crippen LogP contribution in [0.4, 0.5) is 0 Å². The van der Waals surface area contributed by atoms with Crippen LogP contribution in [0.3, 0.4) is 0 Å². The molecule has 54 valence electrons. The highest BCUT2D eigenvalue weighted by molar-refractivity contribution is 14.1. The molecule has 1 atom stereocenters. The smallest absolute Gasteiger partial charge is 0.316 e. The molecule has 0 heterocycles. The van der Waals surface area contributed by atoms with Gasteiger partial charge in [0.25, 0.3) is 0 Å². The van der Waals surface area contributed by atoms with Gasteiger partial charge in [-0.2, -0.15) is 0 Å². The monoisotopic (exact) mass is 354 g/mol. The van der Waals surface area contributed by atoms with Gasteiger partial charge in [-0.25, -0.2) is 0 Å². The van der Waals surface area contributed by atoms with Crippen LogP contribution in [-0.4, -0.2) is 20.9 Å². The minimum atomic E-state index is -0.125. The van der Waals surface area contributed by atoms with Gasteiger partial charge in [0.1, 0.15) is 6.10 Å². The molecule has 0 aliphatic heterocycles. The van der Waals surface area contributed by atoms with Crippen LogP contribution < -0.4 is 0 Å². The van der Waals surface area contributed by atoms with Crippen molar-refractivity contribution >= 4 is 51.2 Å². The maximum Gasteiger partial charge on any atom is 0.316 e. The van der Waals surface area contributed by atoms with Gasteiger partial charge in [-0.15, -0.1) is 0 Å². The lowest BCUT2D eigenvalue weighted by Crippen LogP contribution is -2.16. The molecule has 0 aliphatic carbocycles. The Morgan fingerprint density at radius 2 is 2.22 bits per heavy atom. The molecule has 2 nitrogen and oxygen atoms in total. The summed E-state index contributed by atoms with van der Waals surface area (Å²) in [7, 11) is 0. The van der Waals surface area contributed by atoms with Crippen LogP contribution in [0.25, 0.3) is 0 Å². The number of halogens is 2. The van der Waals surface area contributed by atoms with Crippen LogP contribution in [0.1, 0.15) is 6.92 Å². The zero-order chi connectivity index (χ0) is 7.28. The molecule has 9 heavy (non-hydrogen) atoms. The number of esters is 1. The van der Waals surface area contributed by atoms with E-state index < -0.39 is 0 Å². The van der Waals surface area contributed by atoms with Gasteiger partial charge in [0.15, 0.2) is 0 Å². The van der Waals surface area contributed by atoms with Crippen molar-refractivity contribution < 1.29 is 9.53 Å². The van der Waals surface area contributed by atoms with E-state index in [0.717, 1.165) is 4.43 Å². The quantitative estimate of drug-likeness (QED) is 0.439. The number of carbonyl (C=O) groups excluding carboxylic acids is 1. The van der Waals surface area contributed by atoms with Crippen LogP contribution in [0, 0.1) is 0 Å². The van der Waals surface area contributed by atoms with E-state index in [1.165, 1.54) is 0 Å². The van der Waals surface area contributed by atoms with Crippen LogP contribution in [0.2, 0.25) is 0 Å². The number of ether oxygens (including phenoxy) is 1. The second kappa shape index (κ2) is 5.70. The van der Waals surface area contributed by atoms with Crippen LogP contribution in [-0.2, 0) is 9.53 Å². The number of alkyl halides is 2. The summed E-state index contributed by atoms with van der Waals surface area (Å²) in [6, 6.07) is 0. The molecule has 0 saturated carbocycles. The average Bonchev–Trinajstić information content (AvgIpc) is 1.87. The molecule has 0 aromatic rings. The Hall–Kier alpha value is 0.930. The Balaban J connectivity index is 3.34. The second-order valence-corrected chi connectivity index (χ2v) is 3.23. The van der Waals surface area contributed by atoms with Gasteiger partial charge in [0.2, 0.25) is 0 Å². The molecule has 0 N–H and O–H groups in total. The van der Waals surface area contributed by atoms with Crippen LogP contribution in [0.15, 0.2) is 0 Å². The summed E-state index contributed by atoms with van der Waals surface area (Å²) >= 11 is 4.17. The molecule has 0 rings (SSSR count). The lowest BCUT2D eigenvalue weighted by atomic mass is 10.5. The van der Waals surface area contributed by atoms with Crippen molar-refractivity contribution in [3.63, 3.8) is 0 Å². The van der Waals surface area contributed by atoms with E-state index in [-0.39, 0.29) is 12.1 Å². The first-order valence-electron chi connectivity index (χ1n) is 2.52. The zero-order valence-corrected chi connectivity index (χ0v) is 9.38. The van der Waals surface area contributed by atoms with Gasteiger partial charge in [-0.3, -0.25) is 4.79 Å². The Labute approximate surface area is 82.0 Å². The Morgan fingerprint density at radius 3 is 2.56 bits per heavy atom. The summed E-state index contributed by atoms with van der Waals surface area (Å²) in [5.74, 6) is -0.125. The fourth-order valence-electron chi connectivity index (χ4n) is 0.287. The first kappa shape index (κ1) is 9.93. The Kier molecular flexibility index (Phi) is 6.28. The predicted octanol–water partition coefficient (Wildman–Crippen LogP) is 1.79. The van der Waals surface area contributed by atoms with E-state index in [1.807, 2.05) is 29.5 Å². The highest BCUT2D eigenvalue weighted by atomic mass is 127. The number of hydrogen-bond acceptors (Lipinski definition) is 2. The van der Waals surface area contributed by atoms with Crippen molar-refractivity contribution in [3.05, 3.63) is 0 Å². The fourth-order valence-corrected chi connectivity index (χ4v) is 0.647. The Bertz CT molecular complexity index is 95.0. The summed E-state index contributed by atoms with van der Waals surface area (Å²) < 4.78 is 6.20. The highest BCUT2D eigenvalue weighted by Gasteiger charge is 2.04. The normalized spacial score (nSPS) is 12.8. The van der Waals surface area contributed by atoms with E-state index in [9.17, 15) is 4.79 Å². The zero-order valence-electron chi connectivity index (χ0n) is 5.06. The molecular formula is C5H8I2O2. The summed E-state index contributed by atoms with van der Waals surface area (Å²) in [5.41, 5.74) is 0. The first-order chi connectivity index (χ1) is 4.20. The minimum Gasteiger partial charge on any atom is -0.461 e. The van der Waals surface area contributed by atoms with Crippen molar-refractivity contribution in [1.82, 2.24) is 0 Å². The van der Waals surface area contributed by atoms with Crippen LogP contribution >= 0.6 is 45.2 Å². The molecule has 0 aromatic heterocycles. The molecule has 0 saturated heterocycles. The maximum absolute atomic E-state index is 10.5. The second-order valence-electron chi connectivity index (χ2n) is 1.59.